The molecule has 0 atom stereocenters. The van der Waals surface area contributed by atoms with Crippen molar-refractivity contribution in [2.75, 3.05) is 20.6 Å². The molecular weight excluding hydrogens is 272 g/mol. The Labute approximate surface area is 132 Å². The molecule has 0 radical (unpaired) electrons. The van der Waals surface area contributed by atoms with Gasteiger partial charge in [0.1, 0.15) is 0 Å². The van der Waals surface area contributed by atoms with E-state index in [1.54, 1.807) is 7.05 Å². The lowest BCUT2D eigenvalue weighted by Crippen LogP contribution is -2.17. The Bertz CT molecular complexity index is 629. The Morgan fingerprint density at radius 3 is 2.14 bits per heavy atom. The quantitative estimate of drug-likeness (QED) is 0.829. The van der Waals surface area contributed by atoms with Crippen LogP contribution in [0.3, 0.4) is 0 Å². The molecule has 0 aromatic heterocycles. The molecule has 1 amide bonds. The van der Waals surface area contributed by atoms with Crippen LogP contribution in [-0.2, 0) is 6.54 Å². The van der Waals surface area contributed by atoms with Crippen LogP contribution in [0.25, 0.3) is 11.1 Å². The van der Waals surface area contributed by atoms with Crippen molar-refractivity contribution in [3.8, 4) is 11.1 Å². The maximum atomic E-state index is 11.5. The zero-order chi connectivity index (χ0) is 15.9. The molecule has 0 fully saturated rings. The standard InChI is InChI=1S/C19H22N2O/c1-4-13-21(3)14-15-5-7-16(8-6-15)17-9-11-18(12-10-17)19(22)20-2/h4-12H,1,13-14H2,2-3H3,(H,20,22). The molecule has 0 aliphatic carbocycles. The number of carbonyl (C=O) groups excluding carboxylic acids is 1. The van der Waals surface area contributed by atoms with Gasteiger partial charge in [-0.1, -0.05) is 42.5 Å². The predicted octanol–water partition coefficient (Wildman–Crippen LogP) is 3.33. The maximum absolute atomic E-state index is 11.5. The zero-order valence-electron chi connectivity index (χ0n) is 13.2. The summed E-state index contributed by atoms with van der Waals surface area (Å²) in [6, 6.07) is 16.2. The molecule has 0 heterocycles. The van der Waals surface area contributed by atoms with Gasteiger partial charge in [0.25, 0.3) is 5.91 Å². The third-order valence-corrected chi connectivity index (χ3v) is 3.55. The number of nitrogens with one attached hydrogen (secondary N) is 1. The number of hydrogen-bond acceptors (Lipinski definition) is 2. The SMILES string of the molecule is C=CCN(C)Cc1ccc(-c2ccc(C(=O)NC)cc2)cc1. The van der Waals surface area contributed by atoms with E-state index in [1.165, 1.54) is 5.56 Å². The molecule has 114 valence electrons. The fourth-order valence-electron chi connectivity index (χ4n) is 2.36. The van der Waals surface area contributed by atoms with E-state index in [0.717, 1.165) is 24.2 Å². The van der Waals surface area contributed by atoms with Crippen LogP contribution in [0.15, 0.2) is 61.2 Å². The predicted molar refractivity (Wildman–Crippen MR) is 91.8 cm³/mol. The van der Waals surface area contributed by atoms with Gasteiger partial charge in [0.15, 0.2) is 0 Å². The number of likely N-dealkylation sites (N-methyl/N-ethyl adjacent to an activating group) is 1. The number of hydrogen-bond donors (Lipinski definition) is 1. The summed E-state index contributed by atoms with van der Waals surface area (Å²) in [6.45, 7) is 5.53. The number of nitrogens with zero attached hydrogens (tertiary/aromatic N) is 1. The average molecular weight is 294 g/mol. The molecule has 0 aliphatic heterocycles. The molecule has 22 heavy (non-hydrogen) atoms. The Balaban J connectivity index is 2.10. The zero-order valence-corrected chi connectivity index (χ0v) is 13.2. The molecule has 0 saturated carbocycles. The summed E-state index contributed by atoms with van der Waals surface area (Å²) in [5.41, 5.74) is 4.21. The topological polar surface area (TPSA) is 32.3 Å². The summed E-state index contributed by atoms with van der Waals surface area (Å²) >= 11 is 0. The van der Waals surface area contributed by atoms with Gasteiger partial charge in [0.2, 0.25) is 0 Å². The lowest BCUT2D eigenvalue weighted by Gasteiger charge is -2.14. The van der Waals surface area contributed by atoms with E-state index in [9.17, 15) is 4.79 Å². The number of benzene rings is 2. The first kappa shape index (κ1) is 16.0. The van der Waals surface area contributed by atoms with Crippen LogP contribution in [0.1, 0.15) is 15.9 Å². The van der Waals surface area contributed by atoms with Gasteiger partial charge < -0.3 is 5.32 Å². The molecular formula is C19H22N2O. The minimum Gasteiger partial charge on any atom is -0.355 e. The van der Waals surface area contributed by atoms with E-state index < -0.39 is 0 Å². The van der Waals surface area contributed by atoms with Crippen molar-refractivity contribution in [3.63, 3.8) is 0 Å². The lowest BCUT2D eigenvalue weighted by atomic mass is 10.0. The lowest BCUT2D eigenvalue weighted by molar-refractivity contribution is 0.0963. The van der Waals surface area contributed by atoms with Crippen LogP contribution in [-0.4, -0.2) is 31.4 Å². The second-order valence-electron chi connectivity index (χ2n) is 5.34. The van der Waals surface area contributed by atoms with Crippen molar-refractivity contribution >= 4 is 5.91 Å². The second-order valence-corrected chi connectivity index (χ2v) is 5.34. The summed E-state index contributed by atoms with van der Waals surface area (Å²) in [4.78, 5) is 13.7. The average Bonchev–Trinajstić information content (AvgIpc) is 2.55. The van der Waals surface area contributed by atoms with Gasteiger partial charge in [0.05, 0.1) is 0 Å². The van der Waals surface area contributed by atoms with Gasteiger partial charge >= 0.3 is 0 Å². The summed E-state index contributed by atoms with van der Waals surface area (Å²) in [5, 5.41) is 2.63. The number of amides is 1. The van der Waals surface area contributed by atoms with E-state index in [4.69, 9.17) is 0 Å². The van der Waals surface area contributed by atoms with Crippen LogP contribution in [0.2, 0.25) is 0 Å². The monoisotopic (exact) mass is 294 g/mol. The molecule has 3 nitrogen and oxygen atoms in total. The van der Waals surface area contributed by atoms with Crippen LogP contribution in [0, 0.1) is 0 Å². The summed E-state index contributed by atoms with van der Waals surface area (Å²) in [7, 11) is 3.71. The van der Waals surface area contributed by atoms with Gasteiger partial charge in [-0.3, -0.25) is 9.69 Å². The molecule has 0 bridgehead atoms. The fourth-order valence-corrected chi connectivity index (χ4v) is 2.36. The molecule has 0 spiro atoms. The third-order valence-electron chi connectivity index (χ3n) is 3.55. The molecule has 2 aromatic carbocycles. The minimum absolute atomic E-state index is 0.0628. The first-order valence-electron chi connectivity index (χ1n) is 7.35. The van der Waals surface area contributed by atoms with Crippen molar-refractivity contribution in [1.29, 1.82) is 0 Å². The molecule has 0 unspecified atom stereocenters. The van der Waals surface area contributed by atoms with Crippen molar-refractivity contribution < 1.29 is 4.79 Å². The summed E-state index contributed by atoms with van der Waals surface area (Å²) < 4.78 is 0. The van der Waals surface area contributed by atoms with E-state index >= 15 is 0 Å². The van der Waals surface area contributed by atoms with Crippen LogP contribution in [0.5, 0.6) is 0 Å². The molecule has 2 aromatic rings. The summed E-state index contributed by atoms with van der Waals surface area (Å²) in [5.74, 6) is -0.0628. The van der Waals surface area contributed by atoms with Gasteiger partial charge in [-0.05, 0) is 35.9 Å². The molecule has 1 N–H and O–H groups in total. The number of rotatable bonds is 6. The van der Waals surface area contributed by atoms with Crippen molar-refractivity contribution in [2.45, 2.75) is 6.54 Å². The summed E-state index contributed by atoms with van der Waals surface area (Å²) in [6.07, 6.45) is 1.91. The fraction of sp³-hybridized carbons (Fsp3) is 0.211. The van der Waals surface area contributed by atoms with Gasteiger partial charge in [0, 0.05) is 25.7 Å². The van der Waals surface area contributed by atoms with Crippen LogP contribution < -0.4 is 5.32 Å². The highest BCUT2D eigenvalue weighted by Crippen LogP contribution is 2.20. The maximum Gasteiger partial charge on any atom is 0.251 e. The Morgan fingerprint density at radius 1 is 1.09 bits per heavy atom. The third kappa shape index (κ3) is 4.06. The molecule has 3 heteroatoms. The van der Waals surface area contributed by atoms with Gasteiger partial charge in [-0.2, -0.15) is 0 Å². The van der Waals surface area contributed by atoms with E-state index in [1.807, 2.05) is 30.3 Å². The largest absolute Gasteiger partial charge is 0.355 e. The first-order valence-corrected chi connectivity index (χ1v) is 7.35. The van der Waals surface area contributed by atoms with Gasteiger partial charge in [-0.25, -0.2) is 0 Å². The highest BCUT2D eigenvalue weighted by atomic mass is 16.1. The molecule has 0 aliphatic rings. The smallest absolute Gasteiger partial charge is 0.251 e. The minimum atomic E-state index is -0.0628. The highest BCUT2D eigenvalue weighted by molar-refractivity contribution is 5.94. The highest BCUT2D eigenvalue weighted by Gasteiger charge is 2.04. The molecule has 2 rings (SSSR count). The van der Waals surface area contributed by atoms with E-state index in [-0.39, 0.29) is 5.91 Å². The second kappa shape index (κ2) is 7.57. The first-order chi connectivity index (χ1) is 10.6. The van der Waals surface area contributed by atoms with Crippen LogP contribution >= 0.6 is 0 Å². The van der Waals surface area contributed by atoms with Gasteiger partial charge in [-0.15, -0.1) is 6.58 Å². The Hall–Kier alpha value is -2.39. The van der Waals surface area contributed by atoms with Crippen LogP contribution in [0.4, 0.5) is 0 Å². The van der Waals surface area contributed by atoms with E-state index in [0.29, 0.717) is 5.56 Å². The van der Waals surface area contributed by atoms with E-state index in [2.05, 4.69) is 48.1 Å². The Kier molecular flexibility index (Phi) is 5.50. The van der Waals surface area contributed by atoms with Crippen molar-refractivity contribution in [1.82, 2.24) is 10.2 Å². The number of carbonyl (C=O) groups is 1. The Morgan fingerprint density at radius 2 is 1.64 bits per heavy atom. The van der Waals surface area contributed by atoms with Crippen molar-refractivity contribution in [2.24, 2.45) is 0 Å². The normalized spacial score (nSPS) is 10.5. The molecule has 0 saturated heterocycles. The van der Waals surface area contributed by atoms with Crippen molar-refractivity contribution in [3.05, 3.63) is 72.3 Å².